The average molecular weight is 398 g/mol. The number of carbonyl (C=O) groups is 1. The Morgan fingerprint density at radius 1 is 1.14 bits per heavy atom. The molecule has 0 aliphatic carbocycles. The van der Waals surface area contributed by atoms with Crippen LogP contribution in [0.2, 0.25) is 0 Å². The Morgan fingerprint density at radius 3 is 2.61 bits per heavy atom. The molecule has 0 saturated heterocycles. The van der Waals surface area contributed by atoms with Crippen molar-refractivity contribution in [2.24, 2.45) is 0 Å². The maximum atomic E-state index is 11.9. The first-order valence-electron chi connectivity index (χ1n) is 8.55. The lowest BCUT2D eigenvalue weighted by molar-refractivity contribution is -0.114. The summed E-state index contributed by atoms with van der Waals surface area (Å²) in [6.45, 7) is 3.48. The van der Waals surface area contributed by atoms with Gasteiger partial charge in [0.1, 0.15) is 12.4 Å². The van der Waals surface area contributed by atoms with Gasteiger partial charge in [-0.15, -0.1) is 0 Å². The number of hydrogen-bond donors (Lipinski definition) is 2. The summed E-state index contributed by atoms with van der Waals surface area (Å²) in [6, 6.07) is 14.4. The largest absolute Gasteiger partial charge is 0.481 e. The van der Waals surface area contributed by atoms with Gasteiger partial charge in [-0.2, -0.15) is 4.72 Å². The fourth-order valence-corrected chi connectivity index (χ4v) is 2.84. The van der Waals surface area contributed by atoms with Crippen LogP contribution in [-0.2, 0) is 14.8 Å². The summed E-state index contributed by atoms with van der Waals surface area (Å²) in [5.74, 6) is 5.82. The van der Waals surface area contributed by atoms with Crippen LogP contribution >= 0.6 is 0 Å². The Labute approximate surface area is 165 Å². The molecule has 0 fully saturated rings. The highest BCUT2D eigenvalue weighted by molar-refractivity contribution is 7.92. The molecule has 2 rings (SSSR count). The second-order valence-electron chi connectivity index (χ2n) is 5.93. The molecular weight excluding hydrogens is 376 g/mol. The van der Waals surface area contributed by atoms with Crippen molar-refractivity contribution in [1.29, 1.82) is 0 Å². The van der Waals surface area contributed by atoms with E-state index in [4.69, 9.17) is 4.74 Å². The Balaban J connectivity index is 1.78. The number of aryl methyl sites for hydroxylation is 1. The van der Waals surface area contributed by atoms with Crippen molar-refractivity contribution in [2.45, 2.75) is 13.8 Å². The van der Waals surface area contributed by atoms with Crippen molar-refractivity contribution < 1.29 is 17.9 Å². The van der Waals surface area contributed by atoms with E-state index in [1.54, 1.807) is 24.3 Å². The number of amides is 1. The molecule has 0 spiro atoms. The van der Waals surface area contributed by atoms with Gasteiger partial charge in [0.15, 0.2) is 0 Å². The van der Waals surface area contributed by atoms with E-state index in [9.17, 15) is 13.2 Å². The zero-order valence-corrected chi connectivity index (χ0v) is 16.5. The van der Waals surface area contributed by atoms with Crippen molar-refractivity contribution in [3.8, 4) is 17.6 Å². The molecule has 1 amide bonds. The summed E-state index contributed by atoms with van der Waals surface area (Å²) in [4.78, 5) is 11.0. The molecule has 0 bridgehead atoms. The summed E-state index contributed by atoms with van der Waals surface area (Å²) in [5.41, 5.74) is 2.54. The molecule has 0 atom stereocenters. The molecule has 6 nitrogen and oxygen atoms in total. The highest BCUT2D eigenvalue weighted by Gasteiger charge is 2.02. The molecule has 0 heterocycles. The van der Waals surface area contributed by atoms with Crippen LogP contribution in [0.15, 0.2) is 53.9 Å². The number of ether oxygens (including phenoxy) is 1. The van der Waals surface area contributed by atoms with E-state index < -0.39 is 10.0 Å². The van der Waals surface area contributed by atoms with Gasteiger partial charge in [0, 0.05) is 24.1 Å². The summed E-state index contributed by atoms with van der Waals surface area (Å²) in [7, 11) is -3.56. The maximum absolute atomic E-state index is 11.9. The molecule has 2 aromatic carbocycles. The van der Waals surface area contributed by atoms with Crippen molar-refractivity contribution in [2.75, 3.05) is 18.5 Å². The summed E-state index contributed by atoms with van der Waals surface area (Å²) >= 11 is 0. The van der Waals surface area contributed by atoms with E-state index in [0.29, 0.717) is 11.4 Å². The highest BCUT2D eigenvalue weighted by Crippen LogP contribution is 2.16. The predicted octanol–water partition coefficient (Wildman–Crippen LogP) is 2.93. The monoisotopic (exact) mass is 398 g/mol. The number of hydrogen-bond acceptors (Lipinski definition) is 4. The van der Waals surface area contributed by atoms with Crippen molar-refractivity contribution in [1.82, 2.24) is 4.72 Å². The molecular formula is C21H22N2O4S. The minimum Gasteiger partial charge on any atom is -0.481 e. The third-order valence-electron chi connectivity index (χ3n) is 3.47. The smallest absolute Gasteiger partial charge is 0.234 e. The zero-order valence-electron chi connectivity index (χ0n) is 15.7. The van der Waals surface area contributed by atoms with E-state index in [2.05, 4.69) is 21.9 Å². The number of sulfonamides is 1. The summed E-state index contributed by atoms with van der Waals surface area (Å²) < 4.78 is 31.7. The van der Waals surface area contributed by atoms with Crippen LogP contribution in [-0.4, -0.2) is 27.5 Å². The molecule has 0 aromatic heterocycles. The number of nitrogens with one attached hydrogen (secondary N) is 2. The van der Waals surface area contributed by atoms with Crippen LogP contribution in [0.5, 0.6) is 5.75 Å². The topological polar surface area (TPSA) is 84.5 Å². The second-order valence-corrected chi connectivity index (χ2v) is 7.58. The Morgan fingerprint density at radius 2 is 1.89 bits per heavy atom. The van der Waals surface area contributed by atoms with Gasteiger partial charge >= 0.3 is 0 Å². The normalized spacial score (nSPS) is 10.9. The quantitative estimate of drug-likeness (QED) is 0.703. The van der Waals surface area contributed by atoms with E-state index in [1.807, 2.05) is 31.2 Å². The molecule has 2 aromatic rings. The van der Waals surface area contributed by atoms with Crippen LogP contribution in [0.1, 0.15) is 18.1 Å². The van der Waals surface area contributed by atoms with Crippen LogP contribution in [0.4, 0.5) is 5.69 Å². The van der Waals surface area contributed by atoms with Gasteiger partial charge in [-0.25, -0.2) is 8.42 Å². The van der Waals surface area contributed by atoms with Gasteiger partial charge in [0.25, 0.3) is 0 Å². The van der Waals surface area contributed by atoms with Gasteiger partial charge in [0.05, 0.1) is 6.54 Å². The Hall–Kier alpha value is -3.08. The lowest BCUT2D eigenvalue weighted by atomic mass is 10.2. The molecule has 0 radical (unpaired) electrons. The minimum atomic E-state index is -3.56. The Bertz CT molecular complexity index is 1000. The number of carbonyl (C=O) groups excluding carboxylic acids is 1. The van der Waals surface area contributed by atoms with Gasteiger partial charge < -0.3 is 10.1 Å². The summed E-state index contributed by atoms with van der Waals surface area (Å²) in [6.07, 6.45) is 1.53. The molecule has 0 unspecified atom stereocenters. The van der Waals surface area contributed by atoms with Crippen molar-refractivity contribution in [3.63, 3.8) is 0 Å². The number of benzene rings is 2. The molecule has 0 saturated carbocycles. The molecule has 2 N–H and O–H groups in total. The minimum absolute atomic E-state index is 0.0180. The molecule has 146 valence electrons. The Kier molecular flexibility index (Phi) is 7.81. The maximum Gasteiger partial charge on any atom is 0.234 e. The SMILES string of the molecule is CC(=O)Nc1cccc(OCC#CCNS(=O)(=O)/C=C/c2ccc(C)cc2)c1. The molecule has 0 aliphatic rings. The van der Waals surface area contributed by atoms with E-state index in [-0.39, 0.29) is 19.1 Å². The standard InChI is InChI=1S/C21H22N2O4S/c1-17-8-10-19(11-9-17)12-15-28(25,26)22-13-3-4-14-27-21-7-5-6-20(16-21)23-18(2)24/h5-12,15-16,22H,13-14H2,1-2H3,(H,23,24)/b15-12+. The van der Waals surface area contributed by atoms with Gasteiger partial charge in [-0.05, 0) is 30.7 Å². The lowest BCUT2D eigenvalue weighted by Gasteiger charge is -2.05. The second kappa shape index (κ2) is 10.3. The summed E-state index contributed by atoms with van der Waals surface area (Å²) in [5, 5.41) is 3.78. The van der Waals surface area contributed by atoms with Crippen LogP contribution < -0.4 is 14.8 Å². The molecule has 28 heavy (non-hydrogen) atoms. The van der Waals surface area contributed by atoms with E-state index >= 15 is 0 Å². The predicted molar refractivity (Wildman–Crippen MR) is 111 cm³/mol. The van der Waals surface area contributed by atoms with E-state index in [0.717, 1.165) is 16.5 Å². The highest BCUT2D eigenvalue weighted by atomic mass is 32.2. The van der Waals surface area contributed by atoms with Crippen LogP contribution in [0.25, 0.3) is 6.08 Å². The van der Waals surface area contributed by atoms with Crippen LogP contribution in [0, 0.1) is 18.8 Å². The average Bonchev–Trinajstić information content (AvgIpc) is 2.64. The van der Waals surface area contributed by atoms with E-state index in [1.165, 1.54) is 13.0 Å². The first-order valence-corrected chi connectivity index (χ1v) is 10.1. The fraction of sp³-hybridized carbons (Fsp3) is 0.190. The fourth-order valence-electron chi connectivity index (χ4n) is 2.13. The first-order chi connectivity index (χ1) is 13.3. The number of rotatable bonds is 7. The van der Waals surface area contributed by atoms with Crippen LogP contribution in [0.3, 0.4) is 0 Å². The lowest BCUT2D eigenvalue weighted by Crippen LogP contribution is -2.21. The van der Waals surface area contributed by atoms with Crippen molar-refractivity contribution in [3.05, 3.63) is 65.1 Å². The third-order valence-corrected chi connectivity index (χ3v) is 4.51. The molecule has 7 heteroatoms. The third kappa shape index (κ3) is 8.08. The first kappa shape index (κ1) is 21.2. The van der Waals surface area contributed by atoms with Crippen molar-refractivity contribution >= 4 is 27.7 Å². The van der Waals surface area contributed by atoms with Gasteiger partial charge in [0.2, 0.25) is 15.9 Å². The zero-order chi connectivity index (χ0) is 20.4. The number of anilines is 1. The molecule has 0 aliphatic heterocycles. The van der Waals surface area contributed by atoms with Gasteiger partial charge in [-0.3, -0.25) is 4.79 Å². The van der Waals surface area contributed by atoms with Gasteiger partial charge in [-0.1, -0.05) is 47.7 Å².